The molecular formula is C33H25IN2O5S. The summed E-state index contributed by atoms with van der Waals surface area (Å²) in [6.45, 7) is 1.94. The molecule has 0 bridgehead atoms. The van der Waals surface area contributed by atoms with Crippen molar-refractivity contribution in [1.82, 2.24) is 4.57 Å². The van der Waals surface area contributed by atoms with E-state index < -0.39 is 12.0 Å². The number of furan rings is 1. The molecule has 5 aromatic rings. The topological polar surface area (TPSA) is 83.0 Å². The molecule has 0 radical (unpaired) electrons. The van der Waals surface area contributed by atoms with Crippen molar-refractivity contribution in [1.29, 1.82) is 0 Å². The van der Waals surface area contributed by atoms with E-state index >= 15 is 0 Å². The summed E-state index contributed by atoms with van der Waals surface area (Å²) in [6, 6.07) is 27.8. The molecule has 9 heteroatoms. The van der Waals surface area contributed by atoms with Crippen LogP contribution in [0, 0.1) is 3.57 Å². The molecule has 3 aromatic carbocycles. The highest BCUT2D eigenvalue weighted by atomic mass is 127. The molecule has 1 atom stereocenters. The molecule has 0 unspecified atom stereocenters. The maximum absolute atomic E-state index is 14.0. The van der Waals surface area contributed by atoms with Crippen LogP contribution in [-0.4, -0.2) is 24.3 Å². The van der Waals surface area contributed by atoms with E-state index in [1.807, 2.05) is 91.0 Å². The van der Waals surface area contributed by atoms with Gasteiger partial charge in [-0.3, -0.25) is 9.36 Å². The van der Waals surface area contributed by atoms with Crippen molar-refractivity contribution in [3.05, 3.63) is 137 Å². The predicted molar refractivity (Wildman–Crippen MR) is 171 cm³/mol. The molecule has 6 rings (SSSR count). The highest BCUT2D eigenvalue weighted by molar-refractivity contribution is 14.1. The predicted octanol–water partition coefficient (Wildman–Crippen LogP) is 5.81. The number of fused-ring (bicyclic) bond motifs is 1. The SMILES string of the molecule is CCOC(=O)C1=C(c2ccccc2)N=c2s/c(=C\c3ccc(-c4ccc(I)cc4)o3)c(=O)n2[C@H]1c1ccc(OC)cc1. The van der Waals surface area contributed by atoms with E-state index in [1.165, 1.54) is 11.3 Å². The molecule has 0 spiro atoms. The van der Waals surface area contributed by atoms with Crippen molar-refractivity contribution < 1.29 is 18.7 Å². The molecule has 210 valence electrons. The number of aromatic nitrogens is 1. The van der Waals surface area contributed by atoms with Gasteiger partial charge in [-0.2, -0.15) is 0 Å². The number of thiazole rings is 1. The summed E-state index contributed by atoms with van der Waals surface area (Å²) in [7, 11) is 1.59. The number of rotatable bonds is 7. The van der Waals surface area contributed by atoms with E-state index in [2.05, 4.69) is 22.6 Å². The maximum Gasteiger partial charge on any atom is 0.338 e. The minimum Gasteiger partial charge on any atom is -0.497 e. The Labute approximate surface area is 259 Å². The van der Waals surface area contributed by atoms with E-state index in [9.17, 15) is 9.59 Å². The first-order valence-electron chi connectivity index (χ1n) is 13.2. The average molecular weight is 689 g/mol. The highest BCUT2D eigenvalue weighted by Crippen LogP contribution is 2.35. The number of nitrogens with zero attached hydrogens (tertiary/aromatic N) is 2. The Bertz CT molecular complexity index is 1970. The average Bonchev–Trinajstić information content (AvgIpc) is 3.61. The van der Waals surface area contributed by atoms with E-state index in [0.29, 0.717) is 37.9 Å². The van der Waals surface area contributed by atoms with Crippen LogP contribution in [-0.2, 0) is 9.53 Å². The number of methoxy groups -OCH3 is 1. The number of benzene rings is 3. The van der Waals surface area contributed by atoms with Crippen LogP contribution in [0.15, 0.2) is 111 Å². The van der Waals surface area contributed by atoms with E-state index in [-0.39, 0.29) is 12.2 Å². The van der Waals surface area contributed by atoms with Gasteiger partial charge in [-0.15, -0.1) is 0 Å². The van der Waals surface area contributed by atoms with Crippen LogP contribution in [0.3, 0.4) is 0 Å². The molecule has 0 saturated carbocycles. The molecule has 0 N–H and O–H groups in total. The molecule has 2 aromatic heterocycles. The van der Waals surface area contributed by atoms with E-state index in [1.54, 1.807) is 24.7 Å². The lowest BCUT2D eigenvalue weighted by Crippen LogP contribution is -2.40. The van der Waals surface area contributed by atoms with Gasteiger partial charge in [-0.25, -0.2) is 9.79 Å². The number of ether oxygens (including phenoxy) is 2. The Balaban J connectivity index is 1.55. The number of carbonyl (C=O) groups is 1. The first kappa shape index (κ1) is 27.9. The van der Waals surface area contributed by atoms with Crippen molar-refractivity contribution in [2.24, 2.45) is 4.99 Å². The van der Waals surface area contributed by atoms with Gasteiger partial charge in [-0.1, -0.05) is 65.9 Å². The number of hydrogen-bond donors (Lipinski definition) is 0. The minimum absolute atomic E-state index is 0.186. The maximum atomic E-state index is 14.0. The highest BCUT2D eigenvalue weighted by Gasteiger charge is 2.35. The van der Waals surface area contributed by atoms with Gasteiger partial charge in [0, 0.05) is 20.8 Å². The fraction of sp³-hybridized carbons (Fsp3) is 0.121. The molecule has 3 heterocycles. The smallest absolute Gasteiger partial charge is 0.338 e. The van der Waals surface area contributed by atoms with Crippen LogP contribution < -0.4 is 19.6 Å². The zero-order valence-electron chi connectivity index (χ0n) is 22.7. The summed E-state index contributed by atoms with van der Waals surface area (Å²) in [6.07, 6.45) is 1.72. The van der Waals surface area contributed by atoms with Crippen molar-refractivity contribution in [3.8, 4) is 17.1 Å². The monoisotopic (exact) mass is 688 g/mol. The Morgan fingerprint density at radius 3 is 2.43 bits per heavy atom. The Morgan fingerprint density at radius 2 is 1.74 bits per heavy atom. The zero-order valence-corrected chi connectivity index (χ0v) is 25.7. The second-order valence-corrected chi connectivity index (χ2v) is 11.7. The number of hydrogen-bond acceptors (Lipinski definition) is 7. The van der Waals surface area contributed by atoms with Crippen molar-refractivity contribution in [2.45, 2.75) is 13.0 Å². The quantitative estimate of drug-likeness (QED) is 0.159. The minimum atomic E-state index is -0.762. The van der Waals surface area contributed by atoms with Crippen molar-refractivity contribution in [3.63, 3.8) is 0 Å². The molecule has 0 aliphatic carbocycles. The summed E-state index contributed by atoms with van der Waals surface area (Å²) in [4.78, 5) is 33.0. The normalized spacial score (nSPS) is 14.8. The van der Waals surface area contributed by atoms with Gasteiger partial charge in [0.05, 0.1) is 35.6 Å². The largest absolute Gasteiger partial charge is 0.497 e. The van der Waals surface area contributed by atoms with Gasteiger partial charge >= 0.3 is 5.97 Å². The number of halogens is 1. The van der Waals surface area contributed by atoms with Gasteiger partial charge in [0.1, 0.15) is 17.3 Å². The molecule has 0 amide bonds. The van der Waals surface area contributed by atoms with Gasteiger partial charge < -0.3 is 13.9 Å². The lowest BCUT2D eigenvalue weighted by molar-refractivity contribution is -0.138. The van der Waals surface area contributed by atoms with Crippen LogP contribution in [0.2, 0.25) is 0 Å². The standard InChI is InChI=1S/C33H25IN2O5S/c1-3-40-32(38)28-29(21-7-5-4-6-8-21)35-33-36(30(28)22-11-15-24(39-2)16-12-22)31(37)27(42-33)19-25-17-18-26(41-25)20-9-13-23(34)14-10-20/h4-19,30H,3H2,1-2H3/b27-19-/t30-/m0/s1. The zero-order chi connectivity index (χ0) is 29.2. The molecule has 1 aliphatic rings. The summed E-state index contributed by atoms with van der Waals surface area (Å²) in [5, 5.41) is 0. The van der Waals surface area contributed by atoms with Gasteiger partial charge in [0.2, 0.25) is 0 Å². The number of esters is 1. The molecule has 1 aliphatic heterocycles. The fourth-order valence-corrected chi connectivity index (χ4v) is 6.21. The van der Waals surface area contributed by atoms with Crippen LogP contribution in [0.4, 0.5) is 0 Å². The van der Waals surface area contributed by atoms with Crippen LogP contribution in [0.25, 0.3) is 23.1 Å². The lowest BCUT2D eigenvalue weighted by atomic mass is 9.93. The molecule has 0 fully saturated rings. The summed E-state index contributed by atoms with van der Waals surface area (Å²) >= 11 is 3.51. The molecule has 0 saturated heterocycles. The summed E-state index contributed by atoms with van der Waals surface area (Å²) < 4.78 is 20.1. The van der Waals surface area contributed by atoms with Crippen LogP contribution >= 0.6 is 33.9 Å². The van der Waals surface area contributed by atoms with Crippen molar-refractivity contribution in [2.75, 3.05) is 13.7 Å². The second-order valence-electron chi connectivity index (χ2n) is 9.41. The second kappa shape index (κ2) is 11.9. The Hall–Kier alpha value is -4.22. The Morgan fingerprint density at radius 1 is 1.00 bits per heavy atom. The van der Waals surface area contributed by atoms with Crippen molar-refractivity contribution >= 4 is 51.7 Å². The first-order chi connectivity index (χ1) is 20.5. The van der Waals surface area contributed by atoms with Gasteiger partial charge in [0.15, 0.2) is 4.80 Å². The van der Waals surface area contributed by atoms with Crippen LogP contribution in [0.1, 0.15) is 29.9 Å². The third kappa shape index (κ3) is 5.37. The lowest BCUT2D eigenvalue weighted by Gasteiger charge is -2.26. The number of carbonyl (C=O) groups excluding carboxylic acids is 1. The van der Waals surface area contributed by atoms with Crippen LogP contribution in [0.5, 0.6) is 5.75 Å². The molecule has 42 heavy (non-hydrogen) atoms. The fourth-order valence-electron chi connectivity index (χ4n) is 4.87. The first-order valence-corrected chi connectivity index (χ1v) is 15.1. The Kier molecular flexibility index (Phi) is 7.94. The van der Waals surface area contributed by atoms with E-state index in [4.69, 9.17) is 18.9 Å². The van der Waals surface area contributed by atoms with E-state index in [0.717, 1.165) is 20.3 Å². The summed E-state index contributed by atoms with van der Waals surface area (Å²) in [5.41, 5.74) is 2.93. The van der Waals surface area contributed by atoms with Gasteiger partial charge in [0.25, 0.3) is 5.56 Å². The summed E-state index contributed by atoms with van der Waals surface area (Å²) in [5.74, 6) is 1.39. The molecular weight excluding hydrogens is 663 g/mol. The third-order valence-corrected chi connectivity index (χ3v) is 8.54. The third-order valence-electron chi connectivity index (χ3n) is 6.83. The van der Waals surface area contributed by atoms with Gasteiger partial charge in [-0.05, 0) is 71.5 Å². The molecule has 7 nitrogen and oxygen atoms in total.